The van der Waals surface area contributed by atoms with Gasteiger partial charge in [-0.3, -0.25) is 0 Å². The van der Waals surface area contributed by atoms with E-state index in [9.17, 15) is 39.5 Å². The molecule has 0 heterocycles. The van der Waals surface area contributed by atoms with Crippen LogP contribution in [-0.4, -0.2) is 31.8 Å². The van der Waals surface area contributed by atoms with Crippen molar-refractivity contribution < 1.29 is 39.5 Å². The van der Waals surface area contributed by atoms with Crippen molar-refractivity contribution in [1.82, 2.24) is 0 Å². The monoisotopic (exact) mass is 258 g/mol. The molecule has 0 unspecified atom stereocenters. The number of rotatable bonds is 4. The maximum absolute atomic E-state index is 12.4. The van der Waals surface area contributed by atoms with Gasteiger partial charge >= 0.3 is 23.9 Å². The molecule has 0 aliphatic rings. The first-order valence-electron chi connectivity index (χ1n) is 3.71. The average molecular weight is 258 g/mol. The highest BCUT2D eigenvalue weighted by atomic mass is 19.4. The van der Waals surface area contributed by atoms with E-state index in [1.165, 1.54) is 0 Å². The van der Waals surface area contributed by atoms with E-state index < -0.39 is 36.7 Å². The summed E-state index contributed by atoms with van der Waals surface area (Å²) in [5.74, 6) is -18.9. The minimum Gasteiger partial charge on any atom is -0.200 e. The van der Waals surface area contributed by atoms with Gasteiger partial charge in [0.1, 0.15) is 0 Å². The molecule has 0 N–H and O–H groups in total. The third-order valence-electron chi connectivity index (χ3n) is 1.67. The second-order valence-corrected chi connectivity index (χ2v) is 2.89. The minimum absolute atomic E-state index is 1.16. The van der Waals surface area contributed by atoms with Crippen molar-refractivity contribution in [2.45, 2.75) is 36.7 Å². The summed E-state index contributed by atoms with van der Waals surface area (Å²) in [5.41, 5.74) is 0. The minimum atomic E-state index is -6.82. The van der Waals surface area contributed by atoms with Crippen LogP contribution in [0.5, 0.6) is 0 Å². The van der Waals surface area contributed by atoms with Gasteiger partial charge < -0.3 is 0 Å². The molecular formula is C6H4BF9. The van der Waals surface area contributed by atoms with Gasteiger partial charge in [0.25, 0.3) is 0 Å². The summed E-state index contributed by atoms with van der Waals surface area (Å²) >= 11 is 0. The molecule has 0 saturated carbocycles. The number of hydrogen-bond donors (Lipinski definition) is 0. The standard InChI is InChI=1S/C6H4BF9/c7-2-1-3(8,9)4(10,11)5(12,13)6(14,15)16/h1-2H2. The van der Waals surface area contributed by atoms with Crippen molar-refractivity contribution in [2.75, 3.05) is 0 Å². The first kappa shape index (κ1) is 15.4. The van der Waals surface area contributed by atoms with E-state index in [0.717, 1.165) is 0 Å². The molecule has 16 heavy (non-hydrogen) atoms. The lowest BCUT2D eigenvalue weighted by molar-refractivity contribution is -0.396. The molecule has 0 aromatic rings. The van der Waals surface area contributed by atoms with Gasteiger partial charge in [-0.15, -0.1) is 0 Å². The zero-order valence-corrected chi connectivity index (χ0v) is 7.39. The van der Waals surface area contributed by atoms with Crippen LogP contribution in [0.4, 0.5) is 39.5 Å². The quantitative estimate of drug-likeness (QED) is 0.535. The Bertz CT molecular complexity index is 243. The van der Waals surface area contributed by atoms with Crippen molar-refractivity contribution in [3.8, 4) is 0 Å². The molecule has 0 aromatic heterocycles. The van der Waals surface area contributed by atoms with Crippen molar-refractivity contribution in [2.24, 2.45) is 0 Å². The Balaban J connectivity index is 5.34. The first-order valence-corrected chi connectivity index (χ1v) is 3.71. The van der Waals surface area contributed by atoms with E-state index in [-0.39, 0.29) is 0 Å². The Morgan fingerprint density at radius 1 is 0.688 bits per heavy atom. The lowest BCUT2D eigenvalue weighted by atomic mass is 9.92. The molecule has 0 aliphatic heterocycles. The molecule has 0 nitrogen and oxygen atoms in total. The summed E-state index contributed by atoms with van der Waals surface area (Å²) in [5, 5.41) is 0. The Morgan fingerprint density at radius 2 is 1.06 bits per heavy atom. The maximum Gasteiger partial charge on any atom is 0.460 e. The van der Waals surface area contributed by atoms with E-state index in [1.54, 1.807) is 0 Å². The molecule has 0 saturated heterocycles. The van der Waals surface area contributed by atoms with Crippen LogP contribution < -0.4 is 0 Å². The normalized spacial score (nSPS) is 15.3. The van der Waals surface area contributed by atoms with Crippen LogP contribution in [0.2, 0.25) is 6.32 Å². The molecule has 0 amide bonds. The average Bonchev–Trinajstić information content (AvgIpc) is 2.01. The fraction of sp³-hybridized carbons (Fsp3) is 1.00. The van der Waals surface area contributed by atoms with Crippen LogP contribution >= 0.6 is 0 Å². The molecule has 10 heteroatoms. The highest BCUT2D eigenvalue weighted by Gasteiger charge is 2.81. The van der Waals surface area contributed by atoms with Gasteiger partial charge in [0.2, 0.25) is 0 Å². The van der Waals surface area contributed by atoms with E-state index in [4.69, 9.17) is 0 Å². The fourth-order valence-corrected chi connectivity index (χ4v) is 0.746. The number of hydrogen-bond acceptors (Lipinski definition) is 0. The van der Waals surface area contributed by atoms with Crippen molar-refractivity contribution in [3.05, 3.63) is 0 Å². The van der Waals surface area contributed by atoms with Gasteiger partial charge in [0.15, 0.2) is 0 Å². The Labute approximate surface area is 85.2 Å². The van der Waals surface area contributed by atoms with Crippen LogP contribution in [0.15, 0.2) is 0 Å². The molecular weight excluding hydrogens is 254 g/mol. The summed E-state index contributed by atoms with van der Waals surface area (Å²) in [7, 11) is 4.42. The molecule has 0 rings (SSSR count). The zero-order valence-electron chi connectivity index (χ0n) is 7.39. The predicted octanol–water partition coefficient (Wildman–Crippen LogP) is 3.43. The summed E-state index contributed by atoms with van der Waals surface area (Å²) < 4.78 is 108. The van der Waals surface area contributed by atoms with Gasteiger partial charge in [-0.25, -0.2) is 0 Å². The topological polar surface area (TPSA) is 0 Å². The van der Waals surface area contributed by atoms with Gasteiger partial charge in [0.05, 0.1) is 7.85 Å². The summed E-state index contributed by atoms with van der Waals surface area (Å²) in [4.78, 5) is 0. The van der Waals surface area contributed by atoms with Crippen molar-refractivity contribution >= 4 is 7.85 Å². The van der Waals surface area contributed by atoms with Crippen LogP contribution in [0.25, 0.3) is 0 Å². The largest absolute Gasteiger partial charge is 0.460 e. The maximum atomic E-state index is 12.4. The molecule has 0 fully saturated rings. The van der Waals surface area contributed by atoms with Crippen molar-refractivity contribution in [3.63, 3.8) is 0 Å². The fourth-order valence-electron chi connectivity index (χ4n) is 0.746. The highest BCUT2D eigenvalue weighted by Crippen LogP contribution is 2.54. The van der Waals surface area contributed by atoms with E-state index in [1.807, 2.05) is 0 Å². The first-order chi connectivity index (χ1) is 6.81. The Kier molecular flexibility index (Phi) is 3.89. The zero-order chi connectivity index (χ0) is 13.4. The van der Waals surface area contributed by atoms with Crippen LogP contribution in [0, 0.1) is 0 Å². The van der Waals surface area contributed by atoms with Crippen LogP contribution in [0.3, 0.4) is 0 Å². The third kappa shape index (κ3) is 2.24. The molecule has 0 bridgehead atoms. The summed E-state index contributed by atoms with van der Waals surface area (Å²) in [6.07, 6.45) is -9.91. The number of alkyl halides is 9. The lowest BCUT2D eigenvalue weighted by Crippen LogP contribution is -2.60. The van der Waals surface area contributed by atoms with Gasteiger partial charge in [-0.2, -0.15) is 39.5 Å². The van der Waals surface area contributed by atoms with E-state index in [0.29, 0.717) is 0 Å². The Morgan fingerprint density at radius 3 is 1.31 bits per heavy atom. The highest BCUT2D eigenvalue weighted by molar-refractivity contribution is 6.08. The number of halogens is 9. The molecule has 2 radical (unpaired) electrons. The smallest absolute Gasteiger partial charge is 0.200 e. The van der Waals surface area contributed by atoms with Gasteiger partial charge in [-0.05, 0) is 0 Å². The summed E-state index contributed by atoms with van der Waals surface area (Å²) in [6, 6.07) is 0. The molecule has 0 aliphatic carbocycles. The molecule has 94 valence electrons. The Hall–Kier alpha value is -0.565. The van der Waals surface area contributed by atoms with Crippen molar-refractivity contribution in [1.29, 1.82) is 0 Å². The van der Waals surface area contributed by atoms with Crippen LogP contribution in [0.1, 0.15) is 6.42 Å². The van der Waals surface area contributed by atoms with Gasteiger partial charge in [0, 0.05) is 6.42 Å². The molecule has 0 aromatic carbocycles. The second-order valence-electron chi connectivity index (χ2n) is 2.89. The van der Waals surface area contributed by atoms with Gasteiger partial charge in [-0.1, -0.05) is 6.32 Å². The van der Waals surface area contributed by atoms with Crippen LogP contribution in [-0.2, 0) is 0 Å². The summed E-state index contributed by atoms with van der Waals surface area (Å²) in [6.45, 7) is 0. The molecule has 0 spiro atoms. The van der Waals surface area contributed by atoms with E-state index >= 15 is 0 Å². The SMILES string of the molecule is [B]CCC(F)(F)C(F)(F)C(F)(F)C(F)(F)F. The molecule has 0 atom stereocenters. The van der Waals surface area contributed by atoms with E-state index in [2.05, 4.69) is 7.85 Å². The third-order valence-corrected chi connectivity index (χ3v) is 1.67. The predicted molar refractivity (Wildman–Crippen MR) is 36.1 cm³/mol. The second kappa shape index (κ2) is 4.03. The lowest BCUT2D eigenvalue weighted by Gasteiger charge is -2.33.